The van der Waals surface area contributed by atoms with E-state index in [1.807, 2.05) is 0 Å². The van der Waals surface area contributed by atoms with Crippen molar-refractivity contribution in [3.8, 4) is 0 Å². The first-order chi connectivity index (χ1) is 10.9. The molecule has 0 aliphatic rings. The molecule has 0 atom stereocenters. The molecule has 3 aromatic rings. The maximum atomic E-state index is 12.6. The van der Waals surface area contributed by atoms with Gasteiger partial charge in [-0.25, -0.2) is 0 Å². The molecule has 0 bridgehead atoms. The Bertz CT molecular complexity index is 926. The third-order valence-corrected chi connectivity index (χ3v) is 4.65. The number of fused-ring (bicyclic) bond motifs is 2. The van der Waals surface area contributed by atoms with Crippen LogP contribution in [0.2, 0.25) is 0 Å². The van der Waals surface area contributed by atoms with Gasteiger partial charge in [0.05, 0.1) is 0 Å². The molecule has 3 rings (SSSR count). The molecule has 0 amide bonds. The number of carboxylic acids is 2. The Hall–Kier alpha value is -2.73. The van der Waals surface area contributed by atoms with Gasteiger partial charge in [-0.3, -0.25) is 4.79 Å². The molecule has 0 radical (unpaired) electrons. The minimum atomic E-state index is -1.21. The molecule has 0 N–H and O–H groups in total. The van der Waals surface area contributed by atoms with E-state index in [1.54, 1.807) is 36.4 Å². The minimum Gasteiger partial charge on any atom is -0.550 e. The smallest absolute Gasteiger partial charge is 0.195 e. The minimum absolute atomic E-state index is 0.242. The summed E-state index contributed by atoms with van der Waals surface area (Å²) in [5.41, 5.74) is 0.744. The van der Waals surface area contributed by atoms with Crippen molar-refractivity contribution in [2.75, 3.05) is 0 Å². The third-order valence-electron chi connectivity index (χ3n) is 3.49. The van der Waals surface area contributed by atoms with E-state index in [1.165, 1.54) is 11.3 Å². The fourth-order valence-corrected chi connectivity index (χ4v) is 3.54. The molecule has 0 spiro atoms. The average Bonchev–Trinajstić information content (AvgIpc) is 2.48. The predicted octanol–water partition coefficient (Wildman–Crippen LogP) is -0.000500. The van der Waals surface area contributed by atoms with Crippen LogP contribution in [0, 0.1) is 0 Å². The van der Waals surface area contributed by atoms with E-state index in [-0.39, 0.29) is 18.3 Å². The standard InChI is InChI=1S/C17H12O5S/c18-15(19)7-9-1-3-13-11(5-9)17(22)12-6-10(8-16(20)21)2-4-14(12)23-13/h1-6H,7-8H2,(H,18,19)(H,20,21)/p-2. The lowest BCUT2D eigenvalue weighted by molar-refractivity contribution is -0.306. The van der Waals surface area contributed by atoms with E-state index in [2.05, 4.69) is 0 Å². The highest BCUT2D eigenvalue weighted by Crippen LogP contribution is 2.26. The quantitative estimate of drug-likeness (QED) is 0.629. The van der Waals surface area contributed by atoms with Gasteiger partial charge >= 0.3 is 0 Å². The fraction of sp³-hybridized carbons (Fsp3) is 0.118. The molecule has 1 heterocycles. The van der Waals surface area contributed by atoms with Crippen molar-refractivity contribution in [1.29, 1.82) is 0 Å². The first-order valence-corrected chi connectivity index (χ1v) is 7.64. The Morgan fingerprint density at radius 3 is 1.65 bits per heavy atom. The summed E-state index contributed by atoms with van der Waals surface area (Å²) in [6.07, 6.45) is -0.522. The second kappa shape index (κ2) is 5.81. The van der Waals surface area contributed by atoms with Crippen molar-refractivity contribution in [3.05, 3.63) is 57.7 Å². The Balaban J connectivity index is 2.22. The average molecular weight is 326 g/mol. The lowest BCUT2D eigenvalue weighted by atomic mass is 10.1. The predicted molar refractivity (Wildman–Crippen MR) is 83.0 cm³/mol. The van der Waals surface area contributed by atoms with Gasteiger partial charge in [0.2, 0.25) is 0 Å². The molecular weight excluding hydrogens is 316 g/mol. The number of aliphatic carboxylic acids is 2. The van der Waals surface area contributed by atoms with Gasteiger partial charge in [-0.2, -0.15) is 0 Å². The molecule has 23 heavy (non-hydrogen) atoms. The SMILES string of the molecule is O=C([O-])Cc1ccc2sc3ccc(CC(=O)[O-])cc3c(=O)c2c1. The number of carbonyl (C=O) groups excluding carboxylic acids is 2. The number of hydrogen-bond donors (Lipinski definition) is 0. The van der Waals surface area contributed by atoms with Crippen molar-refractivity contribution in [2.24, 2.45) is 0 Å². The highest BCUT2D eigenvalue weighted by molar-refractivity contribution is 7.24. The largest absolute Gasteiger partial charge is 0.550 e. The van der Waals surface area contributed by atoms with Crippen LogP contribution in [-0.2, 0) is 22.4 Å². The van der Waals surface area contributed by atoms with Crippen LogP contribution in [0.4, 0.5) is 0 Å². The van der Waals surface area contributed by atoms with Crippen LogP contribution in [0.1, 0.15) is 11.1 Å². The number of carboxylic acid groups (broad SMARTS) is 2. The molecule has 0 aliphatic carbocycles. The summed E-state index contributed by atoms with van der Waals surface area (Å²) in [5.74, 6) is -2.42. The Kier molecular flexibility index (Phi) is 3.83. The van der Waals surface area contributed by atoms with E-state index in [9.17, 15) is 24.6 Å². The maximum absolute atomic E-state index is 12.6. The van der Waals surface area contributed by atoms with Crippen LogP contribution < -0.4 is 15.6 Å². The van der Waals surface area contributed by atoms with Gasteiger partial charge in [0, 0.05) is 45.0 Å². The summed E-state index contributed by atoms with van der Waals surface area (Å²) in [6, 6.07) is 9.85. The fourth-order valence-electron chi connectivity index (χ4n) is 2.50. The lowest BCUT2D eigenvalue weighted by Crippen LogP contribution is -2.24. The summed E-state index contributed by atoms with van der Waals surface area (Å²) in [5, 5.41) is 22.2. The second-order valence-electron chi connectivity index (χ2n) is 5.19. The van der Waals surface area contributed by atoms with Gasteiger partial charge < -0.3 is 19.8 Å². The summed E-state index contributed by atoms with van der Waals surface area (Å²) >= 11 is 1.39. The zero-order chi connectivity index (χ0) is 16.6. The van der Waals surface area contributed by atoms with Gasteiger partial charge in [-0.1, -0.05) is 12.1 Å². The summed E-state index contributed by atoms with van der Waals surface area (Å²) < 4.78 is 1.49. The van der Waals surface area contributed by atoms with E-state index >= 15 is 0 Å². The van der Waals surface area contributed by atoms with Crippen molar-refractivity contribution in [3.63, 3.8) is 0 Å². The van der Waals surface area contributed by atoms with E-state index in [4.69, 9.17) is 0 Å². The Labute approximate surface area is 134 Å². The second-order valence-corrected chi connectivity index (χ2v) is 6.27. The van der Waals surface area contributed by atoms with E-state index in [0.717, 1.165) is 9.40 Å². The summed E-state index contributed by atoms with van der Waals surface area (Å²) in [7, 11) is 0. The number of carbonyl (C=O) groups is 2. The summed E-state index contributed by atoms with van der Waals surface area (Å²) in [4.78, 5) is 34.0. The zero-order valence-corrected chi connectivity index (χ0v) is 12.6. The van der Waals surface area contributed by atoms with Crippen LogP contribution in [-0.4, -0.2) is 11.9 Å². The Morgan fingerprint density at radius 1 is 0.826 bits per heavy atom. The number of hydrogen-bond acceptors (Lipinski definition) is 6. The van der Waals surface area contributed by atoms with E-state index < -0.39 is 11.9 Å². The molecule has 116 valence electrons. The van der Waals surface area contributed by atoms with Crippen LogP contribution in [0.5, 0.6) is 0 Å². The zero-order valence-electron chi connectivity index (χ0n) is 11.8. The van der Waals surface area contributed by atoms with Gasteiger partial charge in [0.25, 0.3) is 0 Å². The van der Waals surface area contributed by atoms with Crippen LogP contribution in [0.25, 0.3) is 20.2 Å². The molecule has 1 aromatic heterocycles. The normalized spacial score (nSPS) is 11.0. The van der Waals surface area contributed by atoms with Crippen LogP contribution >= 0.6 is 11.3 Å². The highest BCUT2D eigenvalue weighted by atomic mass is 32.1. The topological polar surface area (TPSA) is 97.3 Å². The van der Waals surface area contributed by atoms with Crippen LogP contribution in [0.15, 0.2) is 41.2 Å². The number of rotatable bonds is 4. The van der Waals surface area contributed by atoms with E-state index in [0.29, 0.717) is 21.9 Å². The van der Waals surface area contributed by atoms with Gasteiger partial charge in [-0.15, -0.1) is 11.3 Å². The molecule has 2 aromatic carbocycles. The number of benzene rings is 2. The first kappa shape index (κ1) is 15.2. The first-order valence-electron chi connectivity index (χ1n) is 6.82. The molecule has 0 saturated carbocycles. The molecular formula is C17H10O5S-2. The van der Waals surface area contributed by atoms with Crippen molar-refractivity contribution in [1.82, 2.24) is 0 Å². The molecule has 0 unspecified atom stereocenters. The van der Waals surface area contributed by atoms with Gasteiger partial charge in [0.15, 0.2) is 5.43 Å². The third kappa shape index (κ3) is 3.07. The van der Waals surface area contributed by atoms with Crippen molar-refractivity contribution < 1.29 is 19.8 Å². The van der Waals surface area contributed by atoms with Crippen molar-refractivity contribution in [2.45, 2.75) is 12.8 Å². The van der Waals surface area contributed by atoms with Crippen molar-refractivity contribution >= 4 is 43.4 Å². The van der Waals surface area contributed by atoms with Crippen LogP contribution in [0.3, 0.4) is 0 Å². The molecule has 0 aliphatic heterocycles. The molecule has 0 saturated heterocycles. The summed E-state index contributed by atoms with van der Waals surface area (Å²) in [6.45, 7) is 0. The van der Waals surface area contributed by atoms with Gasteiger partial charge in [0.1, 0.15) is 0 Å². The van der Waals surface area contributed by atoms with Gasteiger partial charge in [-0.05, 0) is 35.4 Å². The molecule has 6 heteroatoms. The molecule has 0 fully saturated rings. The molecule has 5 nitrogen and oxygen atoms in total. The highest BCUT2D eigenvalue weighted by Gasteiger charge is 2.08. The Morgan fingerprint density at radius 2 is 1.26 bits per heavy atom. The maximum Gasteiger partial charge on any atom is 0.195 e. The monoisotopic (exact) mass is 326 g/mol. The lowest BCUT2D eigenvalue weighted by Gasteiger charge is -2.07.